The van der Waals surface area contributed by atoms with Crippen LogP contribution in [0.25, 0.3) is 10.9 Å². The van der Waals surface area contributed by atoms with Gasteiger partial charge in [0.25, 0.3) is 11.8 Å². The molecule has 0 saturated carbocycles. The van der Waals surface area contributed by atoms with Crippen molar-refractivity contribution in [3.63, 3.8) is 0 Å². The summed E-state index contributed by atoms with van der Waals surface area (Å²) in [6.07, 6.45) is 2.37. The summed E-state index contributed by atoms with van der Waals surface area (Å²) in [6.45, 7) is 0. The molecule has 1 aromatic heterocycles. The molecule has 2 N–H and O–H groups in total. The first-order valence-corrected chi connectivity index (χ1v) is 6.75. The van der Waals surface area contributed by atoms with Gasteiger partial charge in [-0.05, 0) is 18.6 Å². The van der Waals surface area contributed by atoms with Crippen molar-refractivity contribution in [2.75, 3.05) is 7.05 Å². The number of benzene rings is 1. The molecular formula is C15H15N3O3. The Morgan fingerprint density at radius 2 is 2.14 bits per heavy atom. The van der Waals surface area contributed by atoms with Crippen LogP contribution in [0, 0.1) is 0 Å². The number of hydrogen-bond donors (Lipinski definition) is 2. The molecule has 1 fully saturated rings. The molecule has 0 spiro atoms. The molecule has 3 amide bonds. The number of amides is 3. The van der Waals surface area contributed by atoms with Crippen LogP contribution < -0.4 is 5.32 Å². The molecule has 1 atom stereocenters. The molecule has 1 unspecified atom stereocenters. The average molecular weight is 285 g/mol. The second kappa shape index (κ2) is 5.05. The van der Waals surface area contributed by atoms with E-state index in [1.54, 1.807) is 18.3 Å². The molecule has 2 aromatic rings. The second-order valence-corrected chi connectivity index (χ2v) is 5.10. The van der Waals surface area contributed by atoms with Gasteiger partial charge in [0.2, 0.25) is 5.91 Å². The smallest absolute Gasteiger partial charge is 0.254 e. The van der Waals surface area contributed by atoms with Crippen LogP contribution in [0.3, 0.4) is 0 Å². The maximum atomic E-state index is 12.4. The third-order valence-corrected chi connectivity index (χ3v) is 3.79. The Bertz CT molecular complexity index is 735. The second-order valence-electron chi connectivity index (χ2n) is 5.10. The number of aromatic nitrogens is 1. The van der Waals surface area contributed by atoms with E-state index in [-0.39, 0.29) is 24.1 Å². The summed E-state index contributed by atoms with van der Waals surface area (Å²) < 4.78 is 0. The van der Waals surface area contributed by atoms with Crippen molar-refractivity contribution in [2.24, 2.45) is 0 Å². The Hall–Kier alpha value is -2.63. The molecule has 6 heteroatoms. The van der Waals surface area contributed by atoms with E-state index < -0.39 is 6.04 Å². The third-order valence-electron chi connectivity index (χ3n) is 3.79. The van der Waals surface area contributed by atoms with E-state index in [2.05, 4.69) is 10.3 Å². The lowest BCUT2D eigenvalue weighted by molar-refractivity contribution is -0.147. The third kappa shape index (κ3) is 2.29. The maximum Gasteiger partial charge on any atom is 0.254 e. The highest BCUT2D eigenvalue weighted by Crippen LogP contribution is 2.18. The van der Waals surface area contributed by atoms with E-state index in [9.17, 15) is 14.4 Å². The first-order chi connectivity index (χ1) is 10.1. The van der Waals surface area contributed by atoms with Gasteiger partial charge in [-0.3, -0.25) is 19.3 Å². The number of likely N-dealkylation sites (tertiary alicyclic amines) is 1. The highest BCUT2D eigenvalue weighted by molar-refractivity contribution is 6.08. The van der Waals surface area contributed by atoms with E-state index in [4.69, 9.17) is 0 Å². The van der Waals surface area contributed by atoms with Gasteiger partial charge in [0.15, 0.2) is 0 Å². The Morgan fingerprint density at radius 1 is 1.33 bits per heavy atom. The first kappa shape index (κ1) is 13.4. The van der Waals surface area contributed by atoms with Crippen molar-refractivity contribution in [3.05, 3.63) is 36.0 Å². The van der Waals surface area contributed by atoms with Gasteiger partial charge in [-0.1, -0.05) is 12.1 Å². The van der Waals surface area contributed by atoms with Crippen LogP contribution in [0.5, 0.6) is 0 Å². The van der Waals surface area contributed by atoms with Crippen LogP contribution in [0.4, 0.5) is 0 Å². The molecule has 0 aliphatic carbocycles. The van der Waals surface area contributed by atoms with Crippen molar-refractivity contribution in [1.29, 1.82) is 0 Å². The fourth-order valence-corrected chi connectivity index (χ4v) is 2.56. The molecule has 21 heavy (non-hydrogen) atoms. The van der Waals surface area contributed by atoms with Crippen molar-refractivity contribution in [2.45, 2.75) is 18.9 Å². The van der Waals surface area contributed by atoms with Gasteiger partial charge in [-0.15, -0.1) is 0 Å². The largest absolute Gasteiger partial charge is 0.361 e. The number of H-pyrrole nitrogens is 1. The highest BCUT2D eigenvalue weighted by atomic mass is 16.2. The van der Waals surface area contributed by atoms with Crippen molar-refractivity contribution in [3.8, 4) is 0 Å². The number of carbonyl (C=O) groups excluding carboxylic acids is 3. The lowest BCUT2D eigenvalue weighted by Gasteiger charge is -2.28. The summed E-state index contributed by atoms with van der Waals surface area (Å²) in [7, 11) is 1.44. The molecule has 108 valence electrons. The lowest BCUT2D eigenvalue weighted by Crippen LogP contribution is -2.52. The normalized spacial score (nSPS) is 19.1. The number of imide groups is 1. The average Bonchev–Trinajstić information content (AvgIpc) is 2.96. The summed E-state index contributed by atoms with van der Waals surface area (Å²) in [5.74, 6) is -0.889. The molecule has 2 heterocycles. The SMILES string of the molecule is CN1C(=O)CCC(NC(=O)c2cccc3cc[nH]c23)C1=O. The molecule has 1 aliphatic heterocycles. The van der Waals surface area contributed by atoms with Crippen molar-refractivity contribution < 1.29 is 14.4 Å². The number of para-hydroxylation sites is 1. The molecule has 1 saturated heterocycles. The minimum atomic E-state index is -0.648. The zero-order valence-electron chi connectivity index (χ0n) is 11.6. The summed E-state index contributed by atoms with van der Waals surface area (Å²) in [6, 6.07) is 6.63. The zero-order valence-corrected chi connectivity index (χ0v) is 11.6. The van der Waals surface area contributed by atoms with E-state index in [0.29, 0.717) is 12.0 Å². The zero-order chi connectivity index (χ0) is 15.0. The van der Waals surface area contributed by atoms with E-state index in [0.717, 1.165) is 15.8 Å². The standard InChI is InChI=1S/C15H15N3O3/c1-18-12(19)6-5-11(15(18)21)17-14(20)10-4-2-3-9-7-8-16-13(9)10/h2-4,7-8,11,16H,5-6H2,1H3,(H,17,20). The van der Waals surface area contributed by atoms with Crippen LogP contribution >= 0.6 is 0 Å². The summed E-state index contributed by atoms with van der Waals surface area (Å²) in [5, 5.41) is 3.65. The minimum Gasteiger partial charge on any atom is -0.361 e. The first-order valence-electron chi connectivity index (χ1n) is 6.75. The predicted molar refractivity (Wildman–Crippen MR) is 76.6 cm³/mol. The number of nitrogens with zero attached hydrogens (tertiary/aromatic N) is 1. The van der Waals surface area contributed by atoms with Gasteiger partial charge in [-0.25, -0.2) is 0 Å². The van der Waals surface area contributed by atoms with Crippen LogP contribution in [0.2, 0.25) is 0 Å². The summed E-state index contributed by atoms with van der Waals surface area (Å²) >= 11 is 0. The van der Waals surface area contributed by atoms with Crippen LogP contribution in [0.15, 0.2) is 30.5 Å². The van der Waals surface area contributed by atoms with Gasteiger partial charge < -0.3 is 10.3 Å². The summed E-state index contributed by atoms with van der Waals surface area (Å²) in [4.78, 5) is 39.9. The Balaban J connectivity index is 1.82. The number of hydrogen-bond acceptors (Lipinski definition) is 3. The van der Waals surface area contributed by atoms with Crippen LogP contribution in [-0.4, -0.2) is 40.7 Å². The van der Waals surface area contributed by atoms with Gasteiger partial charge in [0.1, 0.15) is 6.04 Å². The quantitative estimate of drug-likeness (QED) is 0.809. The van der Waals surface area contributed by atoms with E-state index in [1.165, 1.54) is 7.05 Å². The van der Waals surface area contributed by atoms with Crippen LogP contribution in [0.1, 0.15) is 23.2 Å². The Kier molecular flexibility index (Phi) is 3.21. The minimum absolute atomic E-state index is 0.211. The van der Waals surface area contributed by atoms with Gasteiger partial charge in [-0.2, -0.15) is 0 Å². The molecule has 0 bridgehead atoms. The van der Waals surface area contributed by atoms with Gasteiger partial charge in [0, 0.05) is 25.1 Å². The number of piperidine rings is 1. The van der Waals surface area contributed by atoms with Gasteiger partial charge >= 0.3 is 0 Å². The fourth-order valence-electron chi connectivity index (χ4n) is 2.56. The molecule has 1 aromatic carbocycles. The topological polar surface area (TPSA) is 82.3 Å². The molecule has 1 aliphatic rings. The molecular weight excluding hydrogens is 270 g/mol. The Morgan fingerprint density at radius 3 is 2.95 bits per heavy atom. The number of nitrogens with one attached hydrogen (secondary N) is 2. The monoisotopic (exact) mass is 285 g/mol. The van der Waals surface area contributed by atoms with E-state index >= 15 is 0 Å². The molecule has 0 radical (unpaired) electrons. The molecule has 6 nitrogen and oxygen atoms in total. The number of rotatable bonds is 2. The number of likely N-dealkylation sites (N-methyl/N-ethyl adjacent to an activating group) is 1. The van der Waals surface area contributed by atoms with Crippen LogP contribution in [-0.2, 0) is 9.59 Å². The Labute approximate surface area is 121 Å². The van der Waals surface area contributed by atoms with E-state index in [1.807, 2.05) is 12.1 Å². The molecule has 3 rings (SSSR count). The predicted octanol–water partition coefficient (Wildman–Crippen LogP) is 1.05. The number of fused-ring (bicyclic) bond motifs is 1. The van der Waals surface area contributed by atoms with Crippen molar-refractivity contribution >= 4 is 28.6 Å². The maximum absolute atomic E-state index is 12.4. The number of aromatic amines is 1. The van der Waals surface area contributed by atoms with Crippen molar-refractivity contribution in [1.82, 2.24) is 15.2 Å². The lowest BCUT2D eigenvalue weighted by atomic mass is 10.0. The summed E-state index contributed by atoms with van der Waals surface area (Å²) in [5.41, 5.74) is 1.23. The van der Waals surface area contributed by atoms with Gasteiger partial charge in [0.05, 0.1) is 11.1 Å². The fraction of sp³-hybridized carbons (Fsp3) is 0.267. The number of carbonyl (C=O) groups is 3. The highest BCUT2D eigenvalue weighted by Gasteiger charge is 2.33.